The average molecular weight is 270 g/mol. The molecule has 0 fully saturated rings. The Kier molecular flexibility index (Phi) is 5.56. The Hall–Kier alpha value is -1.83. The molecule has 0 saturated heterocycles. The van der Waals surface area contributed by atoms with Crippen LogP contribution in [0.1, 0.15) is 18.7 Å². The van der Waals surface area contributed by atoms with Crippen LogP contribution in [0.5, 0.6) is 11.5 Å². The van der Waals surface area contributed by atoms with Crippen molar-refractivity contribution in [2.45, 2.75) is 19.2 Å². The van der Waals surface area contributed by atoms with Gasteiger partial charge in [0.1, 0.15) is 18.1 Å². The summed E-state index contributed by atoms with van der Waals surface area (Å²) in [5, 5.41) is 19.0. The summed E-state index contributed by atoms with van der Waals surface area (Å²) >= 11 is 0. The molecule has 0 aliphatic carbocycles. The van der Waals surface area contributed by atoms with Gasteiger partial charge in [-0.1, -0.05) is 0 Å². The highest BCUT2D eigenvalue weighted by atomic mass is 16.6. The maximum absolute atomic E-state index is 11.1. The van der Waals surface area contributed by atoms with E-state index in [-0.39, 0.29) is 24.7 Å². The van der Waals surface area contributed by atoms with E-state index in [1.807, 2.05) is 0 Å². The van der Waals surface area contributed by atoms with Crippen molar-refractivity contribution in [3.63, 3.8) is 0 Å². The van der Waals surface area contributed by atoms with Crippen molar-refractivity contribution < 1.29 is 24.5 Å². The fraction of sp³-hybridized carbons (Fsp3) is 0.417. The maximum Gasteiger partial charge on any atom is 0.338 e. The van der Waals surface area contributed by atoms with Crippen LogP contribution in [0.15, 0.2) is 18.2 Å². The minimum atomic E-state index is -1.38. The predicted octanol–water partition coefficient (Wildman–Crippen LogP) is -0.389. The van der Waals surface area contributed by atoms with Gasteiger partial charge in [-0.25, -0.2) is 4.79 Å². The van der Waals surface area contributed by atoms with Gasteiger partial charge in [-0.3, -0.25) is 0 Å². The summed E-state index contributed by atoms with van der Waals surface area (Å²) in [5.74, 6) is -0.587. The SMILES string of the molecule is CCOC(=O)C(O)COc1ccc(C(N)N)c(O)c1. The van der Waals surface area contributed by atoms with Gasteiger partial charge in [0.15, 0.2) is 6.10 Å². The zero-order valence-electron chi connectivity index (χ0n) is 10.6. The molecule has 1 aromatic rings. The largest absolute Gasteiger partial charge is 0.507 e. The van der Waals surface area contributed by atoms with Gasteiger partial charge in [0.25, 0.3) is 0 Å². The van der Waals surface area contributed by atoms with Crippen LogP contribution in [0, 0.1) is 0 Å². The molecule has 0 saturated carbocycles. The number of ether oxygens (including phenoxy) is 2. The van der Waals surface area contributed by atoms with Gasteiger partial charge in [0, 0.05) is 11.6 Å². The number of hydrogen-bond donors (Lipinski definition) is 4. The molecule has 1 atom stereocenters. The molecule has 1 rings (SSSR count). The maximum atomic E-state index is 11.1. The second kappa shape index (κ2) is 6.93. The number of aliphatic hydroxyl groups is 1. The van der Waals surface area contributed by atoms with Crippen LogP contribution in [0.4, 0.5) is 0 Å². The third kappa shape index (κ3) is 4.40. The fourth-order valence-corrected chi connectivity index (χ4v) is 1.38. The molecular weight excluding hydrogens is 252 g/mol. The van der Waals surface area contributed by atoms with Gasteiger partial charge < -0.3 is 31.2 Å². The molecule has 6 N–H and O–H groups in total. The van der Waals surface area contributed by atoms with E-state index in [1.165, 1.54) is 18.2 Å². The van der Waals surface area contributed by atoms with Crippen molar-refractivity contribution in [2.24, 2.45) is 11.5 Å². The van der Waals surface area contributed by atoms with Gasteiger partial charge in [-0.05, 0) is 19.1 Å². The quantitative estimate of drug-likeness (QED) is 0.409. The Morgan fingerprint density at radius 2 is 2.11 bits per heavy atom. The number of hydrogen-bond acceptors (Lipinski definition) is 7. The first-order valence-electron chi connectivity index (χ1n) is 5.77. The van der Waals surface area contributed by atoms with Crippen LogP contribution in [-0.4, -0.2) is 35.5 Å². The number of aromatic hydroxyl groups is 1. The van der Waals surface area contributed by atoms with Crippen molar-refractivity contribution in [3.8, 4) is 11.5 Å². The highest BCUT2D eigenvalue weighted by Gasteiger charge is 2.17. The Morgan fingerprint density at radius 3 is 2.63 bits per heavy atom. The van der Waals surface area contributed by atoms with E-state index in [1.54, 1.807) is 6.92 Å². The molecule has 0 heterocycles. The minimum Gasteiger partial charge on any atom is -0.507 e. The molecule has 19 heavy (non-hydrogen) atoms. The smallest absolute Gasteiger partial charge is 0.338 e. The summed E-state index contributed by atoms with van der Waals surface area (Å²) in [6, 6.07) is 4.34. The van der Waals surface area contributed by atoms with Gasteiger partial charge in [-0.15, -0.1) is 0 Å². The van der Waals surface area contributed by atoms with Crippen molar-refractivity contribution in [2.75, 3.05) is 13.2 Å². The summed E-state index contributed by atoms with van der Waals surface area (Å²) in [4.78, 5) is 11.1. The van der Waals surface area contributed by atoms with Crippen LogP contribution >= 0.6 is 0 Å². The molecule has 0 aliphatic rings. The lowest BCUT2D eigenvalue weighted by Crippen LogP contribution is -2.29. The van der Waals surface area contributed by atoms with Crippen molar-refractivity contribution in [1.82, 2.24) is 0 Å². The first kappa shape index (κ1) is 15.2. The van der Waals surface area contributed by atoms with E-state index in [4.69, 9.17) is 16.2 Å². The summed E-state index contributed by atoms with van der Waals surface area (Å²) in [6.07, 6.45) is -2.17. The Bertz CT molecular complexity index is 436. The first-order chi connectivity index (χ1) is 8.95. The Morgan fingerprint density at radius 1 is 1.42 bits per heavy atom. The van der Waals surface area contributed by atoms with E-state index >= 15 is 0 Å². The second-order valence-corrected chi connectivity index (χ2v) is 3.83. The highest BCUT2D eigenvalue weighted by Crippen LogP contribution is 2.25. The number of esters is 1. The van der Waals surface area contributed by atoms with Crippen LogP contribution in [-0.2, 0) is 9.53 Å². The third-order valence-corrected chi connectivity index (χ3v) is 2.33. The van der Waals surface area contributed by atoms with Crippen LogP contribution in [0.2, 0.25) is 0 Å². The van der Waals surface area contributed by atoms with Gasteiger partial charge in [-0.2, -0.15) is 0 Å². The van der Waals surface area contributed by atoms with Crippen LogP contribution in [0.25, 0.3) is 0 Å². The first-order valence-corrected chi connectivity index (χ1v) is 5.77. The van der Waals surface area contributed by atoms with Crippen molar-refractivity contribution in [3.05, 3.63) is 23.8 Å². The Labute approximate surface area is 110 Å². The molecule has 1 aromatic carbocycles. The van der Waals surface area contributed by atoms with E-state index in [0.29, 0.717) is 5.56 Å². The number of nitrogens with two attached hydrogens (primary N) is 2. The summed E-state index contributed by atoms with van der Waals surface area (Å²) < 4.78 is 9.77. The lowest BCUT2D eigenvalue weighted by atomic mass is 10.1. The number of carbonyl (C=O) groups excluding carboxylic acids is 1. The number of rotatable bonds is 6. The molecule has 1 unspecified atom stereocenters. The van der Waals surface area contributed by atoms with E-state index < -0.39 is 18.2 Å². The molecule has 7 nitrogen and oxygen atoms in total. The number of carbonyl (C=O) groups is 1. The van der Waals surface area contributed by atoms with Gasteiger partial charge >= 0.3 is 5.97 Å². The molecule has 0 radical (unpaired) electrons. The number of phenols is 1. The monoisotopic (exact) mass is 270 g/mol. The second-order valence-electron chi connectivity index (χ2n) is 3.83. The Balaban J connectivity index is 2.59. The number of aliphatic hydroxyl groups excluding tert-OH is 1. The summed E-state index contributed by atoms with van der Waals surface area (Å²) in [7, 11) is 0. The molecule has 0 bridgehead atoms. The molecule has 106 valence electrons. The highest BCUT2D eigenvalue weighted by molar-refractivity contribution is 5.74. The van der Waals surface area contributed by atoms with Gasteiger partial charge in [0.05, 0.1) is 12.8 Å². The van der Waals surface area contributed by atoms with Crippen LogP contribution < -0.4 is 16.2 Å². The standard InChI is InChI=1S/C12H18N2O5/c1-2-18-12(17)10(16)6-19-7-3-4-8(11(13)14)9(15)5-7/h3-5,10-11,15-16H,2,6,13-14H2,1H3. The lowest BCUT2D eigenvalue weighted by molar-refractivity contribution is -0.154. The molecule has 0 aliphatic heterocycles. The molecule has 7 heteroatoms. The molecular formula is C12H18N2O5. The minimum absolute atomic E-state index is 0.113. The van der Waals surface area contributed by atoms with Crippen LogP contribution in [0.3, 0.4) is 0 Å². The van der Waals surface area contributed by atoms with Crippen molar-refractivity contribution in [1.29, 1.82) is 0 Å². The zero-order valence-corrected chi connectivity index (χ0v) is 10.6. The topological polar surface area (TPSA) is 128 Å². The average Bonchev–Trinajstić information content (AvgIpc) is 2.35. The van der Waals surface area contributed by atoms with E-state index in [9.17, 15) is 15.0 Å². The number of phenolic OH excluding ortho intramolecular Hbond substituents is 1. The lowest BCUT2D eigenvalue weighted by Gasteiger charge is -2.13. The van der Waals surface area contributed by atoms with E-state index in [2.05, 4.69) is 4.74 Å². The zero-order chi connectivity index (χ0) is 14.4. The van der Waals surface area contributed by atoms with Crippen molar-refractivity contribution >= 4 is 5.97 Å². The van der Waals surface area contributed by atoms with E-state index in [0.717, 1.165) is 0 Å². The molecule has 0 spiro atoms. The fourth-order valence-electron chi connectivity index (χ4n) is 1.38. The predicted molar refractivity (Wildman–Crippen MR) is 67.4 cm³/mol. The molecule has 0 aromatic heterocycles. The third-order valence-electron chi connectivity index (χ3n) is 2.33. The molecule has 0 amide bonds. The van der Waals surface area contributed by atoms with Gasteiger partial charge in [0.2, 0.25) is 0 Å². The normalized spacial score (nSPS) is 12.3. The summed E-state index contributed by atoms with van der Waals surface area (Å²) in [5.41, 5.74) is 11.2. The summed E-state index contributed by atoms with van der Waals surface area (Å²) in [6.45, 7) is 1.55. The number of benzene rings is 1.